The summed E-state index contributed by atoms with van der Waals surface area (Å²) in [6.07, 6.45) is 0. The van der Waals surface area contributed by atoms with Crippen molar-refractivity contribution in [3.63, 3.8) is 0 Å². The molecular weight excluding hydrogens is 325 g/mol. The number of rotatable bonds is 2. The Kier molecular flexibility index (Phi) is 3.01. The predicted molar refractivity (Wildman–Crippen MR) is 67.2 cm³/mol. The molecule has 0 spiro atoms. The van der Waals surface area contributed by atoms with Crippen LogP contribution in [0.1, 0.15) is 10.5 Å². The second-order valence-electron chi connectivity index (χ2n) is 2.82. The number of halogens is 1. The highest BCUT2D eigenvalue weighted by Gasteiger charge is 2.17. The Morgan fingerprint density at radius 1 is 1.33 bits per heavy atom. The molecule has 0 aliphatic rings. The molecule has 1 heterocycles. The molecule has 0 atom stereocenters. The standard InChI is InChI=1S/C10H6INO2S/c11-10-12-7(9(13)14)8(15-10)6-4-2-1-3-5-6/h1-5H,(H,13,14). The number of thiazole rings is 1. The highest BCUT2D eigenvalue weighted by Crippen LogP contribution is 2.30. The summed E-state index contributed by atoms with van der Waals surface area (Å²) in [6.45, 7) is 0. The van der Waals surface area contributed by atoms with Gasteiger partial charge in [0.2, 0.25) is 0 Å². The van der Waals surface area contributed by atoms with Crippen LogP contribution in [0.3, 0.4) is 0 Å². The molecule has 0 fully saturated rings. The van der Waals surface area contributed by atoms with Gasteiger partial charge in [-0.3, -0.25) is 0 Å². The maximum atomic E-state index is 10.9. The van der Waals surface area contributed by atoms with Crippen molar-refractivity contribution >= 4 is 39.9 Å². The van der Waals surface area contributed by atoms with Crippen LogP contribution in [0.2, 0.25) is 0 Å². The molecule has 15 heavy (non-hydrogen) atoms. The van der Waals surface area contributed by atoms with E-state index in [1.807, 2.05) is 52.9 Å². The van der Waals surface area contributed by atoms with Gasteiger partial charge in [-0.25, -0.2) is 9.78 Å². The summed E-state index contributed by atoms with van der Waals surface area (Å²) in [4.78, 5) is 15.7. The maximum Gasteiger partial charge on any atom is 0.356 e. The molecule has 0 bridgehead atoms. The lowest BCUT2D eigenvalue weighted by Gasteiger charge is -1.97. The Labute approximate surface area is 104 Å². The lowest BCUT2D eigenvalue weighted by Crippen LogP contribution is -1.98. The van der Waals surface area contributed by atoms with Gasteiger partial charge in [0.1, 0.15) is 0 Å². The maximum absolute atomic E-state index is 10.9. The summed E-state index contributed by atoms with van der Waals surface area (Å²) in [5, 5.41) is 8.98. The molecule has 76 valence electrons. The van der Waals surface area contributed by atoms with E-state index in [1.165, 1.54) is 11.3 Å². The van der Waals surface area contributed by atoms with Crippen LogP contribution in [-0.4, -0.2) is 16.1 Å². The summed E-state index contributed by atoms with van der Waals surface area (Å²) in [5.41, 5.74) is 1.03. The first-order valence-electron chi connectivity index (χ1n) is 4.13. The molecule has 2 aromatic rings. The van der Waals surface area contributed by atoms with Gasteiger partial charge in [-0.15, -0.1) is 11.3 Å². The van der Waals surface area contributed by atoms with Gasteiger partial charge in [-0.1, -0.05) is 30.3 Å². The van der Waals surface area contributed by atoms with E-state index in [4.69, 9.17) is 5.11 Å². The Bertz CT molecular complexity index is 495. The van der Waals surface area contributed by atoms with E-state index in [9.17, 15) is 4.79 Å². The molecule has 5 heteroatoms. The minimum atomic E-state index is -0.979. The van der Waals surface area contributed by atoms with Crippen molar-refractivity contribution in [2.75, 3.05) is 0 Å². The minimum Gasteiger partial charge on any atom is -0.476 e. The fourth-order valence-corrected chi connectivity index (χ4v) is 2.91. The molecule has 0 radical (unpaired) electrons. The van der Waals surface area contributed by atoms with E-state index in [0.717, 1.165) is 8.58 Å². The Morgan fingerprint density at radius 2 is 2.00 bits per heavy atom. The van der Waals surface area contributed by atoms with Gasteiger partial charge in [0.15, 0.2) is 8.71 Å². The zero-order chi connectivity index (χ0) is 10.8. The van der Waals surface area contributed by atoms with Crippen molar-refractivity contribution < 1.29 is 9.90 Å². The third-order valence-corrected chi connectivity index (χ3v) is 3.63. The molecule has 2 rings (SSSR count). The van der Waals surface area contributed by atoms with Crippen LogP contribution in [0.15, 0.2) is 30.3 Å². The quantitative estimate of drug-likeness (QED) is 0.861. The van der Waals surface area contributed by atoms with E-state index in [2.05, 4.69) is 4.98 Å². The van der Waals surface area contributed by atoms with Crippen LogP contribution in [0, 0.1) is 3.01 Å². The lowest BCUT2D eigenvalue weighted by atomic mass is 10.1. The Morgan fingerprint density at radius 3 is 2.60 bits per heavy atom. The second-order valence-corrected chi connectivity index (χ2v) is 5.57. The Hall–Kier alpha value is -0.950. The minimum absolute atomic E-state index is 0.135. The largest absolute Gasteiger partial charge is 0.476 e. The van der Waals surface area contributed by atoms with E-state index in [0.29, 0.717) is 4.88 Å². The molecule has 0 amide bonds. The Balaban J connectivity index is 2.58. The number of carboxylic acids is 1. The molecular formula is C10H6INO2S. The van der Waals surface area contributed by atoms with Crippen LogP contribution >= 0.6 is 33.9 Å². The van der Waals surface area contributed by atoms with Crippen LogP contribution in [0.5, 0.6) is 0 Å². The number of carboxylic acid groups (broad SMARTS) is 1. The fourth-order valence-electron chi connectivity index (χ4n) is 1.22. The van der Waals surface area contributed by atoms with Crippen molar-refractivity contribution in [3.8, 4) is 10.4 Å². The number of benzene rings is 1. The van der Waals surface area contributed by atoms with E-state index >= 15 is 0 Å². The summed E-state index contributed by atoms with van der Waals surface area (Å²) < 4.78 is 0.740. The molecule has 0 saturated carbocycles. The third kappa shape index (κ3) is 2.18. The van der Waals surface area contributed by atoms with E-state index < -0.39 is 5.97 Å². The van der Waals surface area contributed by atoms with Crippen LogP contribution in [-0.2, 0) is 0 Å². The summed E-state index contributed by atoms with van der Waals surface area (Å²) in [5.74, 6) is -0.979. The SMILES string of the molecule is O=C(O)c1nc(I)sc1-c1ccccc1. The number of hydrogen-bond donors (Lipinski definition) is 1. The molecule has 0 saturated heterocycles. The van der Waals surface area contributed by atoms with Crippen LogP contribution in [0.25, 0.3) is 10.4 Å². The highest BCUT2D eigenvalue weighted by atomic mass is 127. The van der Waals surface area contributed by atoms with E-state index in [-0.39, 0.29) is 5.69 Å². The second kappa shape index (κ2) is 4.28. The monoisotopic (exact) mass is 331 g/mol. The van der Waals surface area contributed by atoms with Gasteiger partial charge in [0, 0.05) is 0 Å². The summed E-state index contributed by atoms with van der Waals surface area (Å²) >= 11 is 3.42. The number of aromatic carboxylic acids is 1. The highest BCUT2D eigenvalue weighted by molar-refractivity contribution is 14.1. The zero-order valence-corrected chi connectivity index (χ0v) is 10.4. The van der Waals surface area contributed by atoms with Crippen molar-refractivity contribution in [2.24, 2.45) is 0 Å². The number of aromatic nitrogens is 1. The third-order valence-electron chi connectivity index (χ3n) is 1.84. The first-order chi connectivity index (χ1) is 7.18. The summed E-state index contributed by atoms with van der Waals surface area (Å²) in [6, 6.07) is 9.43. The van der Waals surface area contributed by atoms with Crippen molar-refractivity contribution in [3.05, 3.63) is 39.0 Å². The van der Waals surface area contributed by atoms with Gasteiger partial charge in [-0.2, -0.15) is 0 Å². The average Bonchev–Trinajstić information content (AvgIpc) is 2.62. The van der Waals surface area contributed by atoms with Crippen molar-refractivity contribution in [1.82, 2.24) is 4.98 Å². The molecule has 1 N–H and O–H groups in total. The van der Waals surface area contributed by atoms with Crippen molar-refractivity contribution in [2.45, 2.75) is 0 Å². The van der Waals surface area contributed by atoms with Gasteiger partial charge in [-0.05, 0) is 28.2 Å². The topological polar surface area (TPSA) is 50.2 Å². The molecule has 1 aromatic carbocycles. The van der Waals surface area contributed by atoms with Gasteiger partial charge < -0.3 is 5.11 Å². The van der Waals surface area contributed by atoms with Gasteiger partial charge in [0.05, 0.1) is 4.88 Å². The number of hydrogen-bond acceptors (Lipinski definition) is 3. The summed E-state index contributed by atoms with van der Waals surface area (Å²) in [7, 11) is 0. The van der Waals surface area contributed by atoms with Crippen LogP contribution in [0.4, 0.5) is 0 Å². The first kappa shape index (κ1) is 10.6. The van der Waals surface area contributed by atoms with Gasteiger partial charge >= 0.3 is 5.97 Å². The molecule has 0 aliphatic heterocycles. The zero-order valence-electron chi connectivity index (χ0n) is 7.48. The van der Waals surface area contributed by atoms with Gasteiger partial charge in [0.25, 0.3) is 0 Å². The molecule has 1 aromatic heterocycles. The lowest BCUT2D eigenvalue weighted by molar-refractivity contribution is 0.0692. The fraction of sp³-hybridized carbons (Fsp3) is 0. The normalized spacial score (nSPS) is 10.2. The van der Waals surface area contributed by atoms with E-state index in [1.54, 1.807) is 0 Å². The number of nitrogens with zero attached hydrogens (tertiary/aromatic N) is 1. The number of carbonyl (C=O) groups is 1. The molecule has 3 nitrogen and oxygen atoms in total. The molecule has 0 aliphatic carbocycles. The first-order valence-corrected chi connectivity index (χ1v) is 6.03. The molecule has 0 unspecified atom stereocenters. The smallest absolute Gasteiger partial charge is 0.356 e. The predicted octanol–water partition coefficient (Wildman–Crippen LogP) is 3.11. The van der Waals surface area contributed by atoms with Crippen molar-refractivity contribution in [1.29, 1.82) is 0 Å². The van der Waals surface area contributed by atoms with Crippen LogP contribution < -0.4 is 0 Å². The average molecular weight is 331 g/mol.